The number of carbonyl (C=O) groups excluding carboxylic acids is 1. The summed E-state index contributed by atoms with van der Waals surface area (Å²) < 4.78 is 1.87. The molecule has 6 heteroatoms. The lowest BCUT2D eigenvalue weighted by atomic mass is 10.2. The predicted octanol–water partition coefficient (Wildman–Crippen LogP) is 3.39. The summed E-state index contributed by atoms with van der Waals surface area (Å²) >= 11 is 0. The van der Waals surface area contributed by atoms with E-state index in [1.807, 2.05) is 48.4 Å². The zero-order valence-corrected chi connectivity index (χ0v) is 15.4. The third-order valence-corrected chi connectivity index (χ3v) is 4.98. The zero-order chi connectivity index (χ0) is 18.3. The number of hydrogen-bond donors (Lipinski definition) is 1. The number of fused-ring (bicyclic) bond motifs is 1. The molecule has 26 heavy (non-hydrogen) atoms. The standard InChI is InChI=1S/C20H23N5O/c1-13-11-18(25-20(22-13)14(2)15(3)23-25)21-12-16-6-8-17(9-7-16)24-10-4-5-19(24)26/h6-9,11,21H,4-5,10,12H2,1-3H3. The number of aryl methyl sites for hydroxylation is 3. The Labute approximate surface area is 152 Å². The van der Waals surface area contributed by atoms with Gasteiger partial charge in [-0.15, -0.1) is 0 Å². The van der Waals surface area contributed by atoms with Gasteiger partial charge in [-0.3, -0.25) is 4.79 Å². The van der Waals surface area contributed by atoms with Gasteiger partial charge < -0.3 is 10.2 Å². The van der Waals surface area contributed by atoms with E-state index in [0.717, 1.165) is 52.6 Å². The highest BCUT2D eigenvalue weighted by atomic mass is 16.2. The Hall–Kier alpha value is -2.89. The van der Waals surface area contributed by atoms with Gasteiger partial charge in [-0.2, -0.15) is 9.61 Å². The molecule has 0 unspecified atom stereocenters. The first-order valence-corrected chi connectivity index (χ1v) is 8.99. The first kappa shape index (κ1) is 16.6. The molecule has 1 amide bonds. The first-order valence-electron chi connectivity index (χ1n) is 8.99. The fraction of sp³-hybridized carbons (Fsp3) is 0.350. The molecular weight excluding hydrogens is 326 g/mol. The number of anilines is 2. The van der Waals surface area contributed by atoms with Gasteiger partial charge >= 0.3 is 0 Å². The maximum atomic E-state index is 11.9. The Morgan fingerprint density at radius 3 is 2.62 bits per heavy atom. The summed E-state index contributed by atoms with van der Waals surface area (Å²) in [6.07, 6.45) is 1.60. The lowest BCUT2D eigenvalue weighted by molar-refractivity contribution is -0.117. The van der Waals surface area contributed by atoms with Crippen LogP contribution in [-0.4, -0.2) is 27.0 Å². The van der Waals surface area contributed by atoms with Crippen molar-refractivity contribution < 1.29 is 4.79 Å². The van der Waals surface area contributed by atoms with E-state index in [4.69, 9.17) is 0 Å². The summed E-state index contributed by atoms with van der Waals surface area (Å²) in [4.78, 5) is 18.3. The van der Waals surface area contributed by atoms with Crippen molar-refractivity contribution in [2.24, 2.45) is 0 Å². The largest absolute Gasteiger partial charge is 0.366 e. The molecule has 0 spiro atoms. The van der Waals surface area contributed by atoms with Crippen molar-refractivity contribution in [2.75, 3.05) is 16.8 Å². The molecule has 1 aliphatic rings. The van der Waals surface area contributed by atoms with E-state index in [1.165, 1.54) is 0 Å². The number of carbonyl (C=O) groups is 1. The monoisotopic (exact) mass is 349 g/mol. The van der Waals surface area contributed by atoms with Crippen molar-refractivity contribution in [1.29, 1.82) is 0 Å². The lowest BCUT2D eigenvalue weighted by Gasteiger charge is -2.16. The maximum absolute atomic E-state index is 11.9. The smallest absolute Gasteiger partial charge is 0.227 e. The van der Waals surface area contributed by atoms with Crippen molar-refractivity contribution in [3.8, 4) is 0 Å². The van der Waals surface area contributed by atoms with Gasteiger partial charge in [0.1, 0.15) is 5.82 Å². The Morgan fingerprint density at radius 2 is 1.92 bits per heavy atom. The third kappa shape index (κ3) is 2.92. The number of aromatic nitrogens is 3. The van der Waals surface area contributed by atoms with E-state index in [0.29, 0.717) is 13.0 Å². The topological polar surface area (TPSA) is 62.5 Å². The van der Waals surface area contributed by atoms with E-state index >= 15 is 0 Å². The molecule has 0 aliphatic carbocycles. The molecule has 1 aliphatic heterocycles. The molecular formula is C20H23N5O. The van der Waals surface area contributed by atoms with E-state index in [9.17, 15) is 4.79 Å². The Bertz CT molecular complexity index is 974. The van der Waals surface area contributed by atoms with Crippen molar-refractivity contribution in [3.05, 3.63) is 52.8 Å². The number of benzene rings is 1. The van der Waals surface area contributed by atoms with E-state index in [-0.39, 0.29) is 5.91 Å². The van der Waals surface area contributed by atoms with Crippen molar-refractivity contribution in [2.45, 2.75) is 40.2 Å². The van der Waals surface area contributed by atoms with Gasteiger partial charge in [0, 0.05) is 42.5 Å². The van der Waals surface area contributed by atoms with Crippen LogP contribution >= 0.6 is 0 Å². The molecule has 6 nitrogen and oxygen atoms in total. The van der Waals surface area contributed by atoms with E-state index in [2.05, 4.69) is 27.5 Å². The minimum Gasteiger partial charge on any atom is -0.366 e. The summed E-state index contributed by atoms with van der Waals surface area (Å²) in [5, 5.41) is 8.05. The zero-order valence-electron chi connectivity index (χ0n) is 15.4. The van der Waals surface area contributed by atoms with Gasteiger partial charge in [0.05, 0.1) is 5.69 Å². The predicted molar refractivity (Wildman–Crippen MR) is 103 cm³/mol. The molecule has 1 saturated heterocycles. The van der Waals surface area contributed by atoms with Gasteiger partial charge in [-0.25, -0.2) is 4.98 Å². The van der Waals surface area contributed by atoms with E-state index < -0.39 is 0 Å². The number of hydrogen-bond acceptors (Lipinski definition) is 4. The van der Waals surface area contributed by atoms with Crippen molar-refractivity contribution >= 4 is 23.1 Å². The van der Waals surface area contributed by atoms with Crippen LogP contribution in [0.25, 0.3) is 5.65 Å². The summed E-state index contributed by atoms with van der Waals surface area (Å²) in [5.74, 6) is 1.15. The van der Waals surface area contributed by atoms with Crippen LogP contribution in [0.3, 0.4) is 0 Å². The molecule has 1 fully saturated rings. The average molecular weight is 349 g/mol. The van der Waals surface area contributed by atoms with Gasteiger partial charge in [0.15, 0.2) is 5.65 Å². The van der Waals surface area contributed by atoms with Gasteiger partial charge in [-0.1, -0.05) is 12.1 Å². The highest BCUT2D eigenvalue weighted by Crippen LogP contribution is 2.22. The first-order chi connectivity index (χ1) is 12.5. The lowest BCUT2D eigenvalue weighted by Crippen LogP contribution is -2.23. The normalized spacial score (nSPS) is 14.4. The summed E-state index contributed by atoms with van der Waals surface area (Å²) in [7, 11) is 0. The Morgan fingerprint density at radius 1 is 1.15 bits per heavy atom. The Kier molecular flexibility index (Phi) is 4.11. The molecule has 2 aromatic heterocycles. The van der Waals surface area contributed by atoms with Crippen LogP contribution in [0.5, 0.6) is 0 Å². The second-order valence-electron chi connectivity index (χ2n) is 6.90. The van der Waals surface area contributed by atoms with Crippen LogP contribution in [0.15, 0.2) is 30.3 Å². The number of nitrogens with one attached hydrogen (secondary N) is 1. The van der Waals surface area contributed by atoms with Gasteiger partial charge in [0.25, 0.3) is 0 Å². The van der Waals surface area contributed by atoms with Gasteiger partial charge in [-0.05, 0) is 44.9 Å². The molecule has 134 valence electrons. The molecule has 3 heterocycles. The second-order valence-corrected chi connectivity index (χ2v) is 6.90. The molecule has 4 rings (SSSR count). The van der Waals surface area contributed by atoms with Crippen LogP contribution in [-0.2, 0) is 11.3 Å². The average Bonchev–Trinajstić information content (AvgIpc) is 3.18. The van der Waals surface area contributed by atoms with Gasteiger partial charge in [0.2, 0.25) is 5.91 Å². The minimum atomic E-state index is 0.218. The minimum absolute atomic E-state index is 0.218. The van der Waals surface area contributed by atoms with Crippen LogP contribution in [0, 0.1) is 20.8 Å². The molecule has 1 aromatic carbocycles. The van der Waals surface area contributed by atoms with Crippen molar-refractivity contribution in [3.63, 3.8) is 0 Å². The molecule has 0 saturated carbocycles. The SMILES string of the molecule is Cc1cc(NCc2ccc(N3CCCC3=O)cc2)n2nc(C)c(C)c2n1. The number of rotatable bonds is 4. The maximum Gasteiger partial charge on any atom is 0.227 e. The fourth-order valence-electron chi connectivity index (χ4n) is 3.38. The highest BCUT2D eigenvalue weighted by molar-refractivity contribution is 5.95. The highest BCUT2D eigenvalue weighted by Gasteiger charge is 2.21. The molecule has 0 bridgehead atoms. The molecule has 0 radical (unpaired) electrons. The van der Waals surface area contributed by atoms with Crippen LogP contribution in [0.2, 0.25) is 0 Å². The quantitative estimate of drug-likeness (QED) is 0.784. The molecule has 0 atom stereocenters. The number of amides is 1. The van der Waals surface area contributed by atoms with Crippen LogP contribution in [0.4, 0.5) is 11.5 Å². The molecule has 3 aromatic rings. The number of nitrogens with zero attached hydrogens (tertiary/aromatic N) is 4. The Balaban J connectivity index is 1.53. The molecule has 1 N–H and O–H groups in total. The van der Waals surface area contributed by atoms with Crippen molar-refractivity contribution in [1.82, 2.24) is 14.6 Å². The summed E-state index contributed by atoms with van der Waals surface area (Å²) in [5.41, 5.74) is 6.10. The summed E-state index contributed by atoms with van der Waals surface area (Å²) in [6.45, 7) is 7.55. The third-order valence-electron chi connectivity index (χ3n) is 4.98. The van der Waals surface area contributed by atoms with Crippen LogP contribution < -0.4 is 10.2 Å². The fourth-order valence-corrected chi connectivity index (χ4v) is 3.38. The van der Waals surface area contributed by atoms with Crippen LogP contribution in [0.1, 0.15) is 35.4 Å². The van der Waals surface area contributed by atoms with E-state index in [1.54, 1.807) is 0 Å². The summed E-state index contributed by atoms with van der Waals surface area (Å²) in [6, 6.07) is 10.2. The second kappa shape index (κ2) is 6.44.